The molecule has 2 aromatic rings. The number of hydrogen-bond donors (Lipinski definition) is 1. The lowest BCUT2D eigenvalue weighted by Crippen LogP contribution is -2.49. The maximum absolute atomic E-state index is 13.1. The highest BCUT2D eigenvalue weighted by molar-refractivity contribution is 6.35. The molecule has 0 aliphatic rings. The Hall–Kier alpha value is -2.04. The summed E-state index contributed by atoms with van der Waals surface area (Å²) in [7, 11) is 0. The lowest BCUT2D eigenvalue weighted by atomic mass is 10.1. The van der Waals surface area contributed by atoms with Crippen molar-refractivity contribution in [1.82, 2.24) is 10.2 Å². The zero-order valence-corrected chi connectivity index (χ0v) is 18.1. The number of nitrogens with one attached hydrogen (secondary N) is 1. The highest BCUT2D eigenvalue weighted by Crippen LogP contribution is 2.23. The van der Waals surface area contributed by atoms with Crippen LogP contribution >= 0.6 is 23.2 Å². The van der Waals surface area contributed by atoms with Gasteiger partial charge < -0.3 is 10.2 Å². The molecule has 0 unspecified atom stereocenters. The van der Waals surface area contributed by atoms with Crippen LogP contribution in [-0.2, 0) is 22.6 Å². The molecule has 150 valence electrons. The quantitative estimate of drug-likeness (QED) is 0.699. The number of carbonyl (C=O) groups excluding carboxylic acids is 2. The van der Waals surface area contributed by atoms with E-state index in [9.17, 15) is 9.59 Å². The van der Waals surface area contributed by atoms with E-state index in [4.69, 9.17) is 23.2 Å². The monoisotopic (exact) mass is 420 g/mol. The maximum Gasteiger partial charge on any atom is 0.242 e. The van der Waals surface area contributed by atoms with E-state index in [0.29, 0.717) is 10.0 Å². The molecule has 0 bridgehead atoms. The van der Waals surface area contributed by atoms with Crippen LogP contribution in [-0.4, -0.2) is 28.8 Å². The topological polar surface area (TPSA) is 49.4 Å². The second-order valence-corrected chi connectivity index (χ2v) is 8.10. The lowest BCUT2D eigenvalue weighted by molar-refractivity contribution is -0.140. The molecule has 2 aromatic carbocycles. The molecule has 2 amide bonds. The number of aryl methyl sites for hydroxylation is 1. The summed E-state index contributed by atoms with van der Waals surface area (Å²) in [6.07, 6.45) is 0.213. The fourth-order valence-corrected chi connectivity index (χ4v) is 3.27. The number of carbonyl (C=O) groups is 2. The third-order valence-corrected chi connectivity index (χ3v) is 5.02. The molecule has 1 N–H and O–H groups in total. The summed E-state index contributed by atoms with van der Waals surface area (Å²) in [6.45, 7) is 7.74. The van der Waals surface area contributed by atoms with Gasteiger partial charge in [-0.05, 0) is 51.0 Å². The SMILES string of the molecule is Cc1ccc(CC(=O)N(Cc2ccc(Cl)cc2Cl)[C@H](C)C(=O)NC(C)C)cc1. The number of benzene rings is 2. The molecule has 6 heteroatoms. The highest BCUT2D eigenvalue weighted by atomic mass is 35.5. The van der Waals surface area contributed by atoms with Gasteiger partial charge in [0, 0.05) is 22.6 Å². The van der Waals surface area contributed by atoms with Crippen LogP contribution in [0.1, 0.15) is 37.5 Å². The average Bonchev–Trinajstić information content (AvgIpc) is 2.61. The van der Waals surface area contributed by atoms with Crippen molar-refractivity contribution in [2.45, 2.75) is 52.7 Å². The normalized spacial score (nSPS) is 12.0. The second-order valence-electron chi connectivity index (χ2n) is 7.26. The van der Waals surface area contributed by atoms with Crippen LogP contribution in [0.15, 0.2) is 42.5 Å². The first kappa shape index (κ1) is 22.3. The summed E-state index contributed by atoms with van der Waals surface area (Å²) >= 11 is 12.3. The summed E-state index contributed by atoms with van der Waals surface area (Å²) in [5, 5.41) is 3.87. The Labute approximate surface area is 176 Å². The molecule has 4 nitrogen and oxygen atoms in total. The van der Waals surface area contributed by atoms with Crippen LogP contribution < -0.4 is 5.32 Å². The lowest BCUT2D eigenvalue weighted by Gasteiger charge is -2.30. The molecule has 0 saturated heterocycles. The number of rotatable bonds is 7. The van der Waals surface area contributed by atoms with Gasteiger partial charge >= 0.3 is 0 Å². The molecule has 0 saturated carbocycles. The van der Waals surface area contributed by atoms with E-state index in [-0.39, 0.29) is 30.8 Å². The molecule has 0 radical (unpaired) electrons. The van der Waals surface area contributed by atoms with Gasteiger partial charge in [-0.3, -0.25) is 9.59 Å². The summed E-state index contributed by atoms with van der Waals surface area (Å²) in [5.74, 6) is -0.335. The Balaban J connectivity index is 2.27. The van der Waals surface area contributed by atoms with Gasteiger partial charge in [0.05, 0.1) is 6.42 Å². The first-order valence-corrected chi connectivity index (χ1v) is 10.0. The molecular weight excluding hydrogens is 395 g/mol. The van der Waals surface area contributed by atoms with Crippen LogP contribution in [0.4, 0.5) is 0 Å². The van der Waals surface area contributed by atoms with Crippen LogP contribution in [0.5, 0.6) is 0 Å². The Morgan fingerprint density at radius 3 is 2.25 bits per heavy atom. The van der Waals surface area contributed by atoms with E-state index in [1.807, 2.05) is 45.0 Å². The Morgan fingerprint density at radius 2 is 1.68 bits per heavy atom. The first-order valence-electron chi connectivity index (χ1n) is 9.26. The summed E-state index contributed by atoms with van der Waals surface area (Å²) in [4.78, 5) is 27.2. The van der Waals surface area contributed by atoms with Gasteiger partial charge in [0.25, 0.3) is 0 Å². The van der Waals surface area contributed by atoms with Crippen molar-refractivity contribution in [2.75, 3.05) is 0 Å². The van der Waals surface area contributed by atoms with Crippen molar-refractivity contribution in [2.24, 2.45) is 0 Å². The minimum atomic E-state index is -0.632. The summed E-state index contributed by atoms with van der Waals surface area (Å²) < 4.78 is 0. The minimum Gasteiger partial charge on any atom is -0.352 e. The summed E-state index contributed by atoms with van der Waals surface area (Å²) in [5.41, 5.74) is 2.78. The molecule has 0 aliphatic carbocycles. The van der Waals surface area contributed by atoms with E-state index in [0.717, 1.165) is 16.7 Å². The summed E-state index contributed by atoms with van der Waals surface area (Å²) in [6, 6.07) is 12.3. The van der Waals surface area contributed by atoms with Gasteiger partial charge in [-0.1, -0.05) is 59.1 Å². The minimum absolute atomic E-state index is 0.0110. The van der Waals surface area contributed by atoms with Crippen LogP contribution in [0.2, 0.25) is 10.0 Å². The third-order valence-electron chi connectivity index (χ3n) is 4.43. The molecule has 0 spiro atoms. The van der Waals surface area contributed by atoms with Gasteiger partial charge in [-0.2, -0.15) is 0 Å². The van der Waals surface area contributed by atoms with Crippen molar-refractivity contribution in [3.8, 4) is 0 Å². The second kappa shape index (κ2) is 9.94. The predicted molar refractivity (Wildman–Crippen MR) is 115 cm³/mol. The molecule has 2 rings (SSSR count). The third kappa shape index (κ3) is 6.25. The first-order chi connectivity index (χ1) is 13.2. The fourth-order valence-electron chi connectivity index (χ4n) is 2.80. The number of halogens is 2. The van der Waals surface area contributed by atoms with E-state index in [1.165, 1.54) is 0 Å². The maximum atomic E-state index is 13.1. The Bertz CT molecular complexity index is 835. The van der Waals surface area contributed by atoms with Crippen molar-refractivity contribution in [1.29, 1.82) is 0 Å². The molecule has 0 fully saturated rings. The van der Waals surface area contributed by atoms with Crippen LogP contribution in [0, 0.1) is 6.92 Å². The Morgan fingerprint density at radius 1 is 1.04 bits per heavy atom. The Kier molecular flexibility index (Phi) is 7.90. The molecule has 0 heterocycles. The number of nitrogens with zero attached hydrogens (tertiary/aromatic N) is 1. The zero-order chi connectivity index (χ0) is 20.8. The van der Waals surface area contributed by atoms with Crippen LogP contribution in [0.25, 0.3) is 0 Å². The molecule has 0 aromatic heterocycles. The van der Waals surface area contributed by atoms with E-state index < -0.39 is 6.04 Å². The van der Waals surface area contributed by atoms with E-state index >= 15 is 0 Å². The van der Waals surface area contributed by atoms with Gasteiger partial charge in [0.15, 0.2) is 0 Å². The van der Waals surface area contributed by atoms with Gasteiger partial charge in [-0.25, -0.2) is 0 Å². The highest BCUT2D eigenvalue weighted by Gasteiger charge is 2.27. The van der Waals surface area contributed by atoms with Crippen LogP contribution in [0.3, 0.4) is 0 Å². The number of hydrogen-bond acceptors (Lipinski definition) is 2. The largest absolute Gasteiger partial charge is 0.352 e. The molecule has 0 aliphatic heterocycles. The van der Waals surface area contributed by atoms with Crippen molar-refractivity contribution in [3.63, 3.8) is 0 Å². The van der Waals surface area contributed by atoms with E-state index in [1.54, 1.807) is 30.0 Å². The molecule has 1 atom stereocenters. The fraction of sp³-hybridized carbons (Fsp3) is 0.364. The molecular formula is C22H26Cl2N2O2. The smallest absolute Gasteiger partial charge is 0.242 e. The zero-order valence-electron chi connectivity index (χ0n) is 16.6. The molecule has 28 heavy (non-hydrogen) atoms. The van der Waals surface area contributed by atoms with E-state index in [2.05, 4.69) is 5.32 Å². The van der Waals surface area contributed by atoms with Crippen molar-refractivity contribution < 1.29 is 9.59 Å². The standard InChI is InChI=1S/C22H26Cl2N2O2/c1-14(2)25-22(28)16(4)26(13-18-9-10-19(23)12-20(18)24)21(27)11-17-7-5-15(3)6-8-17/h5-10,12,14,16H,11,13H2,1-4H3,(H,25,28)/t16-/m1/s1. The predicted octanol–water partition coefficient (Wildman–Crippen LogP) is 4.79. The van der Waals surface area contributed by atoms with Gasteiger partial charge in [-0.15, -0.1) is 0 Å². The van der Waals surface area contributed by atoms with Crippen molar-refractivity contribution >= 4 is 35.0 Å². The van der Waals surface area contributed by atoms with Gasteiger partial charge in [0.1, 0.15) is 6.04 Å². The van der Waals surface area contributed by atoms with Crippen molar-refractivity contribution in [3.05, 3.63) is 69.2 Å². The van der Waals surface area contributed by atoms with Gasteiger partial charge in [0.2, 0.25) is 11.8 Å². The number of amides is 2. The average molecular weight is 421 g/mol.